The van der Waals surface area contributed by atoms with Gasteiger partial charge in [-0.2, -0.15) is 0 Å². The van der Waals surface area contributed by atoms with Gasteiger partial charge in [-0.25, -0.2) is 0 Å². The second-order valence-corrected chi connectivity index (χ2v) is 6.10. The van der Waals surface area contributed by atoms with Gasteiger partial charge in [-0.1, -0.05) is 15.9 Å². The molecular weight excluding hydrogens is 330 g/mol. The van der Waals surface area contributed by atoms with Crippen LogP contribution >= 0.6 is 15.9 Å². The van der Waals surface area contributed by atoms with Crippen molar-refractivity contribution in [2.24, 2.45) is 0 Å². The predicted octanol–water partition coefficient (Wildman–Crippen LogP) is 4.50. The van der Waals surface area contributed by atoms with Gasteiger partial charge in [0, 0.05) is 22.6 Å². The van der Waals surface area contributed by atoms with Gasteiger partial charge in [0.2, 0.25) is 0 Å². The van der Waals surface area contributed by atoms with E-state index >= 15 is 0 Å². The summed E-state index contributed by atoms with van der Waals surface area (Å²) in [6.45, 7) is 0.829. The molecule has 110 valence electrons. The molecule has 0 amide bonds. The Morgan fingerprint density at radius 3 is 2.48 bits per heavy atom. The molecule has 0 saturated heterocycles. The summed E-state index contributed by atoms with van der Waals surface area (Å²) in [4.78, 5) is 0. The van der Waals surface area contributed by atoms with E-state index in [0.717, 1.165) is 33.8 Å². The third-order valence-corrected chi connectivity index (χ3v) is 3.96. The molecule has 0 bridgehead atoms. The highest BCUT2D eigenvalue weighted by Crippen LogP contribution is 2.30. The Balaban J connectivity index is 1.75. The first-order valence-corrected chi connectivity index (χ1v) is 7.87. The van der Waals surface area contributed by atoms with Gasteiger partial charge in [-0.3, -0.25) is 0 Å². The van der Waals surface area contributed by atoms with E-state index in [1.165, 1.54) is 12.8 Å². The normalized spacial score (nSPS) is 14.0. The molecule has 21 heavy (non-hydrogen) atoms. The second kappa shape index (κ2) is 6.50. The van der Waals surface area contributed by atoms with Crippen LogP contribution in [0.3, 0.4) is 0 Å². The quantitative estimate of drug-likeness (QED) is 0.834. The van der Waals surface area contributed by atoms with Crippen molar-refractivity contribution in [1.82, 2.24) is 5.32 Å². The van der Waals surface area contributed by atoms with E-state index in [1.807, 2.05) is 36.4 Å². The van der Waals surface area contributed by atoms with Gasteiger partial charge in [-0.15, -0.1) is 0 Å². The van der Waals surface area contributed by atoms with Crippen molar-refractivity contribution in [2.45, 2.75) is 25.4 Å². The molecule has 1 saturated carbocycles. The second-order valence-electron chi connectivity index (χ2n) is 5.18. The van der Waals surface area contributed by atoms with Crippen molar-refractivity contribution in [3.8, 4) is 17.2 Å². The Kier molecular flexibility index (Phi) is 4.46. The van der Waals surface area contributed by atoms with E-state index in [1.54, 1.807) is 7.11 Å². The molecule has 0 atom stereocenters. The van der Waals surface area contributed by atoms with Crippen molar-refractivity contribution in [3.63, 3.8) is 0 Å². The van der Waals surface area contributed by atoms with Crippen LogP contribution in [-0.2, 0) is 6.54 Å². The van der Waals surface area contributed by atoms with E-state index < -0.39 is 0 Å². The Hall–Kier alpha value is -1.52. The maximum atomic E-state index is 6.00. The summed E-state index contributed by atoms with van der Waals surface area (Å²) in [5.41, 5.74) is 1.16. The van der Waals surface area contributed by atoms with Crippen LogP contribution in [0.1, 0.15) is 18.4 Å². The SMILES string of the molecule is COc1ccc(Oc2ccc(Br)cc2CNC2CC2)cc1. The van der Waals surface area contributed by atoms with Crippen molar-refractivity contribution in [1.29, 1.82) is 0 Å². The summed E-state index contributed by atoms with van der Waals surface area (Å²) in [5, 5.41) is 3.52. The molecule has 1 aliphatic carbocycles. The van der Waals surface area contributed by atoms with Crippen LogP contribution in [0.4, 0.5) is 0 Å². The molecule has 0 heterocycles. The summed E-state index contributed by atoms with van der Waals surface area (Å²) >= 11 is 3.52. The smallest absolute Gasteiger partial charge is 0.131 e. The zero-order chi connectivity index (χ0) is 14.7. The Morgan fingerprint density at radius 1 is 1.10 bits per heavy atom. The van der Waals surface area contributed by atoms with E-state index in [4.69, 9.17) is 9.47 Å². The first-order chi connectivity index (χ1) is 10.2. The molecule has 1 aliphatic rings. The molecule has 3 rings (SSSR count). The summed E-state index contributed by atoms with van der Waals surface area (Å²) in [6.07, 6.45) is 2.56. The number of rotatable bonds is 6. The lowest BCUT2D eigenvalue weighted by atomic mass is 10.2. The third kappa shape index (κ3) is 3.99. The largest absolute Gasteiger partial charge is 0.497 e. The standard InChI is InChI=1S/C17H18BrNO2/c1-20-15-5-7-16(8-6-15)21-17-9-2-13(18)10-12(17)11-19-14-3-4-14/h2,5-10,14,19H,3-4,11H2,1H3. The molecule has 0 aliphatic heterocycles. The van der Waals surface area contributed by atoms with Crippen molar-refractivity contribution >= 4 is 15.9 Å². The lowest BCUT2D eigenvalue weighted by Gasteiger charge is -2.13. The summed E-state index contributed by atoms with van der Waals surface area (Å²) in [7, 11) is 1.66. The maximum absolute atomic E-state index is 6.00. The number of methoxy groups -OCH3 is 1. The zero-order valence-corrected chi connectivity index (χ0v) is 13.5. The van der Waals surface area contributed by atoms with Crippen LogP contribution in [0.25, 0.3) is 0 Å². The highest BCUT2D eigenvalue weighted by molar-refractivity contribution is 9.10. The number of halogens is 1. The van der Waals surface area contributed by atoms with Gasteiger partial charge in [0.1, 0.15) is 17.2 Å². The average Bonchev–Trinajstić information content (AvgIpc) is 3.32. The van der Waals surface area contributed by atoms with Crippen LogP contribution < -0.4 is 14.8 Å². The minimum Gasteiger partial charge on any atom is -0.497 e. The maximum Gasteiger partial charge on any atom is 0.131 e. The molecule has 4 heteroatoms. The molecule has 3 nitrogen and oxygen atoms in total. The van der Waals surface area contributed by atoms with Crippen LogP contribution in [0.15, 0.2) is 46.9 Å². The van der Waals surface area contributed by atoms with E-state index in [9.17, 15) is 0 Å². The Labute approximate surface area is 133 Å². The number of hydrogen-bond acceptors (Lipinski definition) is 3. The summed E-state index contributed by atoms with van der Waals surface area (Å²) in [6, 6.07) is 14.4. The average molecular weight is 348 g/mol. The molecular formula is C17H18BrNO2. The third-order valence-electron chi connectivity index (χ3n) is 3.47. The number of benzene rings is 2. The van der Waals surface area contributed by atoms with Crippen LogP contribution in [0.2, 0.25) is 0 Å². The van der Waals surface area contributed by atoms with Crippen molar-refractivity contribution in [3.05, 3.63) is 52.5 Å². The van der Waals surface area contributed by atoms with Crippen molar-refractivity contribution in [2.75, 3.05) is 7.11 Å². The summed E-state index contributed by atoms with van der Waals surface area (Å²) in [5.74, 6) is 2.52. The topological polar surface area (TPSA) is 30.5 Å². The molecule has 2 aromatic rings. The zero-order valence-electron chi connectivity index (χ0n) is 11.9. The van der Waals surface area contributed by atoms with E-state index in [2.05, 4.69) is 27.3 Å². The minimum absolute atomic E-state index is 0.679. The molecule has 1 N–H and O–H groups in total. The molecule has 1 fully saturated rings. The van der Waals surface area contributed by atoms with E-state index in [0.29, 0.717) is 6.04 Å². The lowest BCUT2D eigenvalue weighted by Crippen LogP contribution is -2.15. The molecule has 2 aromatic carbocycles. The fraction of sp³-hybridized carbons (Fsp3) is 0.294. The molecule has 0 unspecified atom stereocenters. The van der Waals surface area contributed by atoms with Crippen molar-refractivity contribution < 1.29 is 9.47 Å². The Bertz CT molecular complexity index is 609. The van der Waals surface area contributed by atoms with Gasteiger partial charge < -0.3 is 14.8 Å². The number of ether oxygens (including phenoxy) is 2. The fourth-order valence-electron chi connectivity index (χ4n) is 2.10. The molecule has 0 radical (unpaired) electrons. The van der Waals surface area contributed by atoms with Gasteiger partial charge >= 0.3 is 0 Å². The van der Waals surface area contributed by atoms with Gasteiger partial charge in [0.25, 0.3) is 0 Å². The first-order valence-electron chi connectivity index (χ1n) is 7.08. The molecule has 0 aromatic heterocycles. The number of hydrogen-bond donors (Lipinski definition) is 1. The van der Waals surface area contributed by atoms with Crippen LogP contribution in [-0.4, -0.2) is 13.2 Å². The fourth-order valence-corrected chi connectivity index (χ4v) is 2.51. The minimum atomic E-state index is 0.679. The summed E-state index contributed by atoms with van der Waals surface area (Å²) < 4.78 is 12.2. The van der Waals surface area contributed by atoms with Crippen LogP contribution in [0, 0.1) is 0 Å². The lowest BCUT2D eigenvalue weighted by molar-refractivity contribution is 0.412. The van der Waals surface area contributed by atoms with Gasteiger partial charge in [0.15, 0.2) is 0 Å². The number of nitrogens with one attached hydrogen (secondary N) is 1. The monoisotopic (exact) mass is 347 g/mol. The highest BCUT2D eigenvalue weighted by Gasteiger charge is 2.20. The highest BCUT2D eigenvalue weighted by atomic mass is 79.9. The van der Waals surface area contributed by atoms with Gasteiger partial charge in [0.05, 0.1) is 7.11 Å². The van der Waals surface area contributed by atoms with Crippen LogP contribution in [0.5, 0.6) is 17.2 Å². The van der Waals surface area contributed by atoms with Gasteiger partial charge in [-0.05, 0) is 55.3 Å². The predicted molar refractivity (Wildman–Crippen MR) is 87.1 cm³/mol. The first kappa shape index (κ1) is 14.4. The van der Waals surface area contributed by atoms with E-state index in [-0.39, 0.29) is 0 Å². The Morgan fingerprint density at radius 2 is 1.81 bits per heavy atom. The molecule has 0 spiro atoms.